The van der Waals surface area contributed by atoms with E-state index in [0.717, 1.165) is 4.47 Å². The van der Waals surface area contributed by atoms with E-state index in [1.54, 1.807) is 6.07 Å². The van der Waals surface area contributed by atoms with Gasteiger partial charge in [0.15, 0.2) is 0 Å². The number of aliphatic hydroxyl groups is 1. The molecule has 1 unspecified atom stereocenters. The van der Waals surface area contributed by atoms with E-state index in [9.17, 15) is 0 Å². The van der Waals surface area contributed by atoms with E-state index in [0.29, 0.717) is 18.0 Å². The second kappa shape index (κ2) is 5.22. The van der Waals surface area contributed by atoms with Crippen molar-refractivity contribution in [2.75, 3.05) is 18.9 Å². The summed E-state index contributed by atoms with van der Waals surface area (Å²) in [5, 5.41) is 8.81. The van der Waals surface area contributed by atoms with E-state index < -0.39 is 0 Å². The minimum absolute atomic E-state index is 0.121. The molecule has 1 rings (SSSR count). The number of anilines is 1. The molecule has 1 atom stereocenters. The van der Waals surface area contributed by atoms with Crippen molar-refractivity contribution < 1.29 is 9.84 Å². The van der Waals surface area contributed by atoms with Gasteiger partial charge < -0.3 is 15.6 Å². The van der Waals surface area contributed by atoms with Gasteiger partial charge in [-0.25, -0.2) is 0 Å². The van der Waals surface area contributed by atoms with Gasteiger partial charge in [0.05, 0.1) is 12.3 Å². The Balaban J connectivity index is 2.59. The van der Waals surface area contributed by atoms with Crippen LogP contribution in [0.3, 0.4) is 0 Å². The third kappa shape index (κ3) is 3.20. The number of rotatable bonds is 4. The molecule has 0 aromatic heterocycles. The lowest BCUT2D eigenvalue weighted by atomic mass is 10.2. The van der Waals surface area contributed by atoms with Crippen LogP contribution in [0.4, 0.5) is 5.69 Å². The van der Waals surface area contributed by atoms with Crippen LogP contribution in [0.5, 0.6) is 5.75 Å². The summed E-state index contributed by atoms with van der Waals surface area (Å²) in [6, 6.07) is 5.47. The van der Waals surface area contributed by atoms with Crippen molar-refractivity contribution in [3.63, 3.8) is 0 Å². The van der Waals surface area contributed by atoms with Crippen LogP contribution in [0.2, 0.25) is 0 Å². The van der Waals surface area contributed by atoms with Gasteiger partial charge in [-0.2, -0.15) is 0 Å². The first-order valence-corrected chi connectivity index (χ1v) is 5.21. The summed E-state index contributed by atoms with van der Waals surface area (Å²) < 4.78 is 6.37. The maximum absolute atomic E-state index is 8.81. The van der Waals surface area contributed by atoms with Crippen molar-refractivity contribution in [2.24, 2.45) is 5.92 Å². The van der Waals surface area contributed by atoms with Gasteiger partial charge in [-0.05, 0) is 18.2 Å². The Bertz CT molecular complexity index is 304. The molecule has 0 aliphatic carbocycles. The van der Waals surface area contributed by atoms with Gasteiger partial charge >= 0.3 is 0 Å². The summed E-state index contributed by atoms with van der Waals surface area (Å²) in [4.78, 5) is 0. The Morgan fingerprint density at radius 2 is 2.29 bits per heavy atom. The lowest BCUT2D eigenvalue weighted by Gasteiger charge is -2.12. The molecule has 0 amide bonds. The van der Waals surface area contributed by atoms with Gasteiger partial charge in [0.2, 0.25) is 0 Å². The molecule has 3 nitrogen and oxygen atoms in total. The molecule has 0 fully saturated rings. The summed E-state index contributed by atoms with van der Waals surface area (Å²) in [6.45, 7) is 2.51. The monoisotopic (exact) mass is 259 g/mol. The number of hydrogen-bond acceptors (Lipinski definition) is 3. The molecule has 0 aliphatic heterocycles. The van der Waals surface area contributed by atoms with Crippen LogP contribution in [0.15, 0.2) is 22.7 Å². The van der Waals surface area contributed by atoms with Crippen LogP contribution in [-0.2, 0) is 0 Å². The third-order valence-corrected chi connectivity index (χ3v) is 2.30. The molecule has 0 aliphatic rings. The Labute approximate surface area is 92.0 Å². The van der Waals surface area contributed by atoms with Gasteiger partial charge in [-0.15, -0.1) is 0 Å². The van der Waals surface area contributed by atoms with Gasteiger partial charge in [0, 0.05) is 17.0 Å². The summed E-state index contributed by atoms with van der Waals surface area (Å²) in [6.07, 6.45) is 0. The fraction of sp³-hybridized carbons (Fsp3) is 0.400. The molecule has 14 heavy (non-hydrogen) atoms. The molecule has 1 aromatic carbocycles. The molecule has 0 bridgehead atoms. The second-order valence-electron chi connectivity index (χ2n) is 3.28. The van der Waals surface area contributed by atoms with Crippen LogP contribution in [-0.4, -0.2) is 18.3 Å². The topological polar surface area (TPSA) is 55.5 Å². The number of nitrogen functional groups attached to an aromatic ring is 1. The van der Waals surface area contributed by atoms with Crippen molar-refractivity contribution in [3.05, 3.63) is 22.7 Å². The Morgan fingerprint density at radius 1 is 1.57 bits per heavy atom. The van der Waals surface area contributed by atoms with Gasteiger partial charge in [0.25, 0.3) is 0 Å². The highest BCUT2D eigenvalue weighted by atomic mass is 79.9. The molecule has 1 aromatic rings. The first-order chi connectivity index (χ1) is 6.63. The number of halogens is 1. The lowest BCUT2D eigenvalue weighted by Crippen LogP contribution is -2.12. The number of nitrogens with two attached hydrogens (primary N) is 1. The highest BCUT2D eigenvalue weighted by Gasteiger charge is 2.04. The number of benzene rings is 1. The smallest absolute Gasteiger partial charge is 0.142 e. The molecule has 0 spiro atoms. The first kappa shape index (κ1) is 11.3. The quantitative estimate of drug-likeness (QED) is 0.814. The summed E-state index contributed by atoms with van der Waals surface area (Å²) >= 11 is 3.31. The van der Waals surface area contributed by atoms with Gasteiger partial charge in [0.1, 0.15) is 5.75 Å². The standard InChI is InChI=1S/C10H14BrNO2/c1-7(5-13)6-14-10-3-2-8(11)4-9(10)12/h2-4,7,13H,5-6,12H2,1H3. The van der Waals surface area contributed by atoms with Gasteiger partial charge in [-0.3, -0.25) is 0 Å². The van der Waals surface area contributed by atoms with E-state index >= 15 is 0 Å². The molecular weight excluding hydrogens is 246 g/mol. The van der Waals surface area contributed by atoms with Gasteiger partial charge in [-0.1, -0.05) is 22.9 Å². The molecule has 78 valence electrons. The molecule has 3 N–H and O–H groups in total. The largest absolute Gasteiger partial charge is 0.491 e. The molecule has 0 saturated carbocycles. The maximum atomic E-state index is 8.81. The number of ether oxygens (including phenoxy) is 1. The van der Waals surface area contributed by atoms with E-state index in [2.05, 4.69) is 15.9 Å². The van der Waals surface area contributed by atoms with Crippen molar-refractivity contribution >= 4 is 21.6 Å². The predicted octanol–water partition coefficient (Wildman–Crippen LogP) is 2.04. The van der Waals surface area contributed by atoms with Crippen LogP contribution in [0.1, 0.15) is 6.92 Å². The zero-order chi connectivity index (χ0) is 10.6. The molecule has 4 heteroatoms. The molecule has 0 heterocycles. The van der Waals surface area contributed by atoms with E-state index in [-0.39, 0.29) is 12.5 Å². The summed E-state index contributed by atoms with van der Waals surface area (Å²) in [7, 11) is 0. The third-order valence-electron chi connectivity index (χ3n) is 1.81. The normalized spacial score (nSPS) is 12.5. The SMILES string of the molecule is CC(CO)COc1ccc(Br)cc1N. The molecular formula is C10H14BrNO2. The van der Waals surface area contributed by atoms with Crippen molar-refractivity contribution in [1.82, 2.24) is 0 Å². The van der Waals surface area contributed by atoms with Crippen LogP contribution in [0.25, 0.3) is 0 Å². The van der Waals surface area contributed by atoms with E-state index in [1.807, 2.05) is 19.1 Å². The zero-order valence-electron chi connectivity index (χ0n) is 8.03. The van der Waals surface area contributed by atoms with Crippen molar-refractivity contribution in [2.45, 2.75) is 6.92 Å². The van der Waals surface area contributed by atoms with Crippen molar-refractivity contribution in [1.29, 1.82) is 0 Å². The Morgan fingerprint density at radius 3 is 2.86 bits per heavy atom. The highest BCUT2D eigenvalue weighted by molar-refractivity contribution is 9.10. The van der Waals surface area contributed by atoms with Crippen molar-refractivity contribution in [3.8, 4) is 5.75 Å². The molecule has 0 radical (unpaired) electrons. The fourth-order valence-electron chi connectivity index (χ4n) is 0.936. The summed E-state index contributed by atoms with van der Waals surface area (Å²) in [5.74, 6) is 0.784. The van der Waals surface area contributed by atoms with Crippen LogP contribution < -0.4 is 10.5 Å². The Hall–Kier alpha value is -0.740. The van der Waals surface area contributed by atoms with Crippen LogP contribution >= 0.6 is 15.9 Å². The average molecular weight is 260 g/mol. The maximum Gasteiger partial charge on any atom is 0.142 e. The minimum atomic E-state index is 0.121. The average Bonchev–Trinajstić information content (AvgIpc) is 2.16. The van der Waals surface area contributed by atoms with Crippen LogP contribution in [0, 0.1) is 5.92 Å². The second-order valence-corrected chi connectivity index (χ2v) is 4.20. The lowest BCUT2D eigenvalue weighted by molar-refractivity contribution is 0.175. The highest BCUT2D eigenvalue weighted by Crippen LogP contribution is 2.25. The number of aliphatic hydroxyl groups excluding tert-OH is 1. The predicted molar refractivity (Wildman–Crippen MR) is 60.3 cm³/mol. The zero-order valence-corrected chi connectivity index (χ0v) is 9.62. The molecule has 0 saturated heterocycles. The Kier molecular flexibility index (Phi) is 4.22. The van der Waals surface area contributed by atoms with E-state index in [1.165, 1.54) is 0 Å². The van der Waals surface area contributed by atoms with E-state index in [4.69, 9.17) is 15.6 Å². The fourth-order valence-corrected chi connectivity index (χ4v) is 1.31. The minimum Gasteiger partial charge on any atom is -0.491 e. The number of hydrogen-bond donors (Lipinski definition) is 2. The summed E-state index contributed by atoms with van der Waals surface area (Å²) in [5.41, 5.74) is 6.33. The first-order valence-electron chi connectivity index (χ1n) is 4.42.